The minimum atomic E-state index is -0.657. The number of carbonyl (C=O) groups excluding carboxylic acids is 1. The van der Waals surface area contributed by atoms with Gasteiger partial charge in [-0.1, -0.05) is 41.0 Å². The quantitative estimate of drug-likeness (QED) is 0.316. The largest absolute Gasteiger partial charge is 0.411 e. The van der Waals surface area contributed by atoms with Crippen molar-refractivity contribution in [2.45, 2.75) is 19.3 Å². The van der Waals surface area contributed by atoms with E-state index >= 15 is 0 Å². The molecule has 0 aliphatic heterocycles. The van der Waals surface area contributed by atoms with E-state index in [4.69, 9.17) is 11.6 Å². The summed E-state index contributed by atoms with van der Waals surface area (Å²) in [5.74, 6) is -1.62. The fraction of sp³-hybridized carbons (Fsp3) is 0.208. The van der Waals surface area contributed by atoms with Gasteiger partial charge in [-0.05, 0) is 42.3 Å². The topological polar surface area (TPSA) is 83.7 Å². The monoisotopic (exact) mass is 455 g/mol. The summed E-state index contributed by atoms with van der Waals surface area (Å²) in [5.41, 5.74) is 1.88. The Morgan fingerprint density at radius 3 is 2.59 bits per heavy atom. The van der Waals surface area contributed by atoms with Crippen LogP contribution in [-0.4, -0.2) is 27.9 Å². The number of pyridine rings is 1. The van der Waals surface area contributed by atoms with Gasteiger partial charge in [-0.25, -0.2) is 4.39 Å². The maximum atomic E-state index is 14.8. The Morgan fingerprint density at radius 1 is 1.22 bits per heavy atom. The van der Waals surface area contributed by atoms with Crippen molar-refractivity contribution in [1.29, 1.82) is 0 Å². The van der Waals surface area contributed by atoms with Crippen molar-refractivity contribution in [3.8, 4) is 0 Å². The van der Waals surface area contributed by atoms with Crippen LogP contribution in [0.1, 0.15) is 46.3 Å². The molecule has 32 heavy (non-hydrogen) atoms. The average Bonchev–Trinajstić information content (AvgIpc) is 2.77. The lowest BCUT2D eigenvalue weighted by molar-refractivity contribution is 0.0952. The van der Waals surface area contributed by atoms with Crippen molar-refractivity contribution >= 4 is 23.2 Å². The molecule has 1 unspecified atom stereocenters. The molecule has 1 aromatic heterocycles. The van der Waals surface area contributed by atoms with E-state index < -0.39 is 17.6 Å². The third-order valence-corrected chi connectivity index (χ3v) is 5.54. The van der Waals surface area contributed by atoms with Crippen LogP contribution in [-0.2, 0) is 7.05 Å². The van der Waals surface area contributed by atoms with Gasteiger partial charge in [0.2, 0.25) is 5.56 Å². The second-order valence-electron chi connectivity index (χ2n) is 7.29. The number of rotatable bonds is 7. The van der Waals surface area contributed by atoms with Gasteiger partial charge in [0.15, 0.2) is 0 Å². The highest BCUT2D eigenvalue weighted by Gasteiger charge is 2.23. The summed E-state index contributed by atoms with van der Waals surface area (Å²) in [6, 6.07) is 14.5. The van der Waals surface area contributed by atoms with Gasteiger partial charge in [0.25, 0.3) is 5.91 Å². The molecule has 0 aliphatic carbocycles. The SMILES string of the molecule is CCNC(=O)c1ccc(C(C/C(=N\O)c2ccc(=O)n(C)c2)c2ccccc2Cl)cc1F. The third-order valence-electron chi connectivity index (χ3n) is 5.20. The molecule has 0 aliphatic rings. The summed E-state index contributed by atoms with van der Waals surface area (Å²) in [7, 11) is 1.60. The molecule has 2 N–H and O–H groups in total. The van der Waals surface area contributed by atoms with Crippen LogP contribution in [0.3, 0.4) is 0 Å². The molecule has 0 fully saturated rings. The molecular formula is C24H23ClFN3O3. The van der Waals surface area contributed by atoms with Gasteiger partial charge in [0, 0.05) is 48.8 Å². The maximum absolute atomic E-state index is 14.8. The molecule has 3 aromatic rings. The molecule has 0 bridgehead atoms. The molecule has 8 heteroatoms. The van der Waals surface area contributed by atoms with E-state index in [-0.39, 0.29) is 17.5 Å². The van der Waals surface area contributed by atoms with Crippen LogP contribution in [0, 0.1) is 5.82 Å². The number of hydrogen-bond acceptors (Lipinski definition) is 4. The van der Waals surface area contributed by atoms with Gasteiger partial charge >= 0.3 is 0 Å². The summed E-state index contributed by atoms with van der Waals surface area (Å²) < 4.78 is 16.2. The number of halogens is 2. The number of aryl methyl sites for hydroxylation is 1. The Hall–Kier alpha value is -3.45. The van der Waals surface area contributed by atoms with E-state index in [0.29, 0.717) is 34.0 Å². The Kier molecular flexibility index (Phi) is 7.43. The van der Waals surface area contributed by atoms with Crippen LogP contribution in [0.4, 0.5) is 4.39 Å². The average molecular weight is 456 g/mol. The summed E-state index contributed by atoms with van der Waals surface area (Å²) in [6.07, 6.45) is 1.75. The molecule has 166 valence electrons. The normalized spacial score (nSPS) is 12.4. The molecule has 6 nitrogen and oxygen atoms in total. The van der Waals surface area contributed by atoms with Crippen LogP contribution < -0.4 is 10.9 Å². The van der Waals surface area contributed by atoms with Crippen LogP contribution in [0.5, 0.6) is 0 Å². The van der Waals surface area contributed by atoms with Crippen molar-refractivity contribution in [3.05, 3.63) is 104 Å². The third kappa shape index (κ3) is 5.06. The Balaban J connectivity index is 2.06. The lowest BCUT2D eigenvalue weighted by Gasteiger charge is -2.21. The zero-order valence-electron chi connectivity index (χ0n) is 17.7. The fourth-order valence-electron chi connectivity index (χ4n) is 3.53. The lowest BCUT2D eigenvalue weighted by Crippen LogP contribution is -2.24. The standard InChI is InChI=1S/C24H23ClFN3O3/c1-3-27-24(31)18-10-8-15(12-21(18)26)19(17-6-4-5-7-20(17)25)13-22(28-32)16-9-11-23(30)29(2)14-16/h4-12,14,19,32H,3,13H2,1-2H3,(H,27,31)/b28-22+. The first-order valence-corrected chi connectivity index (χ1v) is 10.4. The number of amides is 1. The molecule has 1 heterocycles. The van der Waals surface area contributed by atoms with Crippen molar-refractivity contribution in [2.24, 2.45) is 12.2 Å². The number of nitrogens with one attached hydrogen (secondary N) is 1. The van der Waals surface area contributed by atoms with Crippen LogP contribution >= 0.6 is 11.6 Å². The van der Waals surface area contributed by atoms with Crippen molar-refractivity contribution in [2.75, 3.05) is 6.54 Å². The van der Waals surface area contributed by atoms with Gasteiger partial charge in [0.05, 0.1) is 11.3 Å². The van der Waals surface area contributed by atoms with Gasteiger partial charge in [0.1, 0.15) is 5.82 Å². The molecular weight excluding hydrogens is 433 g/mol. The highest BCUT2D eigenvalue weighted by molar-refractivity contribution is 6.31. The molecule has 0 saturated heterocycles. The first-order chi connectivity index (χ1) is 15.3. The van der Waals surface area contributed by atoms with Gasteiger partial charge < -0.3 is 15.1 Å². The zero-order valence-corrected chi connectivity index (χ0v) is 18.4. The molecule has 0 spiro atoms. The van der Waals surface area contributed by atoms with Crippen LogP contribution in [0.25, 0.3) is 0 Å². The molecule has 0 radical (unpaired) electrons. The van der Waals surface area contributed by atoms with Gasteiger partial charge in [-0.15, -0.1) is 0 Å². The number of carbonyl (C=O) groups is 1. The molecule has 3 rings (SSSR count). The predicted molar refractivity (Wildman–Crippen MR) is 122 cm³/mol. The summed E-state index contributed by atoms with van der Waals surface area (Å²) in [4.78, 5) is 23.8. The number of aromatic nitrogens is 1. The first kappa shape index (κ1) is 23.2. The lowest BCUT2D eigenvalue weighted by atomic mass is 9.85. The fourth-order valence-corrected chi connectivity index (χ4v) is 3.79. The first-order valence-electron chi connectivity index (χ1n) is 10.1. The highest BCUT2D eigenvalue weighted by atomic mass is 35.5. The Bertz CT molecular complexity index is 1220. The second kappa shape index (κ2) is 10.2. The summed E-state index contributed by atoms with van der Waals surface area (Å²) >= 11 is 6.44. The second-order valence-corrected chi connectivity index (χ2v) is 7.70. The van der Waals surface area contributed by atoms with Gasteiger partial charge in [-0.3, -0.25) is 9.59 Å². The van der Waals surface area contributed by atoms with E-state index in [0.717, 1.165) is 0 Å². The van der Waals surface area contributed by atoms with E-state index in [1.807, 2.05) is 12.1 Å². The number of hydrogen-bond donors (Lipinski definition) is 2. The summed E-state index contributed by atoms with van der Waals surface area (Å²) in [6.45, 7) is 2.14. The minimum absolute atomic E-state index is 0.0531. The van der Waals surface area contributed by atoms with Crippen molar-refractivity contribution < 1.29 is 14.4 Å². The summed E-state index contributed by atoms with van der Waals surface area (Å²) in [5, 5.41) is 16.2. The highest BCUT2D eigenvalue weighted by Crippen LogP contribution is 2.34. The van der Waals surface area contributed by atoms with Crippen molar-refractivity contribution in [1.82, 2.24) is 9.88 Å². The molecule has 2 aromatic carbocycles. The number of benzene rings is 2. The van der Waals surface area contributed by atoms with Crippen molar-refractivity contribution in [3.63, 3.8) is 0 Å². The number of oxime groups is 1. The van der Waals surface area contributed by atoms with E-state index in [2.05, 4.69) is 10.5 Å². The molecule has 0 saturated carbocycles. The van der Waals surface area contributed by atoms with Gasteiger partial charge in [-0.2, -0.15) is 0 Å². The van der Waals surface area contributed by atoms with E-state index in [1.165, 1.54) is 22.8 Å². The Morgan fingerprint density at radius 2 is 1.97 bits per heavy atom. The van der Waals surface area contributed by atoms with E-state index in [9.17, 15) is 19.2 Å². The predicted octanol–water partition coefficient (Wildman–Crippen LogP) is 4.33. The van der Waals surface area contributed by atoms with Crippen LogP contribution in [0.2, 0.25) is 5.02 Å². The maximum Gasteiger partial charge on any atom is 0.254 e. The minimum Gasteiger partial charge on any atom is -0.411 e. The smallest absolute Gasteiger partial charge is 0.254 e. The molecule has 1 atom stereocenters. The van der Waals surface area contributed by atoms with E-state index in [1.54, 1.807) is 44.4 Å². The number of nitrogens with zero attached hydrogens (tertiary/aromatic N) is 2. The zero-order chi connectivity index (χ0) is 23.3. The molecule has 1 amide bonds. The van der Waals surface area contributed by atoms with Crippen LogP contribution in [0.15, 0.2) is 70.7 Å². The Labute approximate surface area is 190 Å².